The van der Waals surface area contributed by atoms with Crippen LogP contribution in [0.2, 0.25) is 0 Å². The van der Waals surface area contributed by atoms with Crippen molar-refractivity contribution in [2.45, 2.75) is 25.6 Å². The van der Waals surface area contributed by atoms with Gasteiger partial charge in [-0.15, -0.1) is 0 Å². The fourth-order valence-electron chi connectivity index (χ4n) is 4.89. The van der Waals surface area contributed by atoms with E-state index in [0.717, 1.165) is 21.9 Å². The number of benzene rings is 4. The topological polar surface area (TPSA) is 128 Å². The molecule has 4 aromatic carbocycles. The molecular formula is C30H26N4O4. The number of fused-ring (bicyclic) bond motifs is 1. The molecule has 8 heteroatoms. The van der Waals surface area contributed by atoms with Gasteiger partial charge in [-0.25, -0.2) is 9.59 Å². The molecule has 3 amide bonds. The number of urea groups is 1. The van der Waals surface area contributed by atoms with E-state index in [-0.39, 0.29) is 30.4 Å². The molecule has 1 fully saturated rings. The number of nitrogens with zero attached hydrogens (tertiary/aromatic N) is 2. The van der Waals surface area contributed by atoms with E-state index in [1.54, 1.807) is 25.1 Å². The second-order valence-electron chi connectivity index (χ2n) is 9.51. The Kier molecular flexibility index (Phi) is 6.16. The maximum Gasteiger partial charge on any atom is 0.335 e. The van der Waals surface area contributed by atoms with Crippen LogP contribution in [0.3, 0.4) is 0 Å². The number of nitrogens with one attached hydrogen (secondary N) is 1. The van der Waals surface area contributed by atoms with E-state index in [4.69, 9.17) is 11.1 Å². The van der Waals surface area contributed by atoms with Crippen LogP contribution in [0.25, 0.3) is 10.8 Å². The lowest BCUT2D eigenvalue weighted by molar-refractivity contribution is -0.133. The maximum absolute atomic E-state index is 14.0. The molecule has 1 unspecified atom stereocenters. The summed E-state index contributed by atoms with van der Waals surface area (Å²) in [5.74, 6) is -1.50. The van der Waals surface area contributed by atoms with Crippen LogP contribution in [0.1, 0.15) is 39.5 Å². The lowest BCUT2D eigenvalue weighted by Gasteiger charge is -2.32. The van der Waals surface area contributed by atoms with E-state index < -0.39 is 17.5 Å². The van der Waals surface area contributed by atoms with Crippen LogP contribution in [0.15, 0.2) is 91.0 Å². The Balaban J connectivity index is 1.53. The molecule has 0 aromatic heterocycles. The first kappa shape index (κ1) is 24.7. The molecule has 38 heavy (non-hydrogen) atoms. The Morgan fingerprint density at radius 2 is 1.50 bits per heavy atom. The Hall–Kier alpha value is -4.98. The zero-order valence-corrected chi connectivity index (χ0v) is 20.7. The molecule has 4 aromatic rings. The molecule has 190 valence electrons. The predicted molar refractivity (Wildman–Crippen MR) is 144 cm³/mol. The van der Waals surface area contributed by atoms with Crippen molar-refractivity contribution in [3.05, 3.63) is 119 Å². The first-order valence-electron chi connectivity index (χ1n) is 12.1. The zero-order valence-electron chi connectivity index (χ0n) is 20.7. The molecular weight excluding hydrogens is 480 g/mol. The van der Waals surface area contributed by atoms with Gasteiger partial charge in [0.2, 0.25) is 0 Å². The van der Waals surface area contributed by atoms with Gasteiger partial charge >= 0.3 is 12.0 Å². The van der Waals surface area contributed by atoms with Crippen LogP contribution >= 0.6 is 0 Å². The highest BCUT2D eigenvalue weighted by atomic mass is 16.4. The summed E-state index contributed by atoms with van der Waals surface area (Å²) in [6.45, 7) is 1.97. The summed E-state index contributed by atoms with van der Waals surface area (Å²) in [5, 5.41) is 18.8. The van der Waals surface area contributed by atoms with Crippen LogP contribution in [-0.2, 0) is 23.4 Å². The van der Waals surface area contributed by atoms with Crippen molar-refractivity contribution in [3.8, 4) is 0 Å². The Labute approximate surface area is 219 Å². The van der Waals surface area contributed by atoms with E-state index in [0.29, 0.717) is 11.1 Å². The summed E-state index contributed by atoms with van der Waals surface area (Å²) in [4.78, 5) is 41.9. The van der Waals surface area contributed by atoms with Gasteiger partial charge in [-0.1, -0.05) is 66.7 Å². The molecule has 5 rings (SSSR count). The van der Waals surface area contributed by atoms with Gasteiger partial charge in [0.15, 0.2) is 0 Å². The first-order chi connectivity index (χ1) is 18.2. The number of hydrogen-bond donors (Lipinski definition) is 3. The highest BCUT2D eigenvalue weighted by molar-refractivity contribution is 6.07. The fourth-order valence-corrected chi connectivity index (χ4v) is 4.89. The molecule has 8 nitrogen and oxygen atoms in total. The third-order valence-electron chi connectivity index (χ3n) is 7.10. The average molecular weight is 507 g/mol. The number of carboxylic acid groups (broad SMARTS) is 1. The predicted octanol–water partition coefficient (Wildman–Crippen LogP) is 4.70. The summed E-state index contributed by atoms with van der Waals surface area (Å²) < 4.78 is 0. The van der Waals surface area contributed by atoms with Crippen molar-refractivity contribution in [1.29, 1.82) is 5.41 Å². The van der Waals surface area contributed by atoms with Crippen molar-refractivity contribution >= 4 is 34.5 Å². The van der Waals surface area contributed by atoms with Crippen molar-refractivity contribution in [2.24, 2.45) is 5.73 Å². The number of rotatable bonds is 7. The van der Waals surface area contributed by atoms with E-state index in [2.05, 4.69) is 0 Å². The minimum absolute atomic E-state index is 0.0385. The number of imide groups is 1. The summed E-state index contributed by atoms with van der Waals surface area (Å²) in [7, 11) is 0. The van der Waals surface area contributed by atoms with Gasteiger partial charge in [0, 0.05) is 12.1 Å². The quantitative estimate of drug-likeness (QED) is 0.190. The summed E-state index contributed by atoms with van der Waals surface area (Å²) in [6, 6.07) is 26.2. The van der Waals surface area contributed by atoms with Gasteiger partial charge in [0.05, 0.1) is 12.1 Å². The molecule has 1 atom stereocenters. The number of hydrogen-bond acceptors (Lipinski definition) is 4. The van der Waals surface area contributed by atoms with Crippen LogP contribution in [-0.4, -0.2) is 38.6 Å². The van der Waals surface area contributed by atoms with E-state index in [1.807, 2.05) is 60.7 Å². The lowest BCUT2D eigenvalue weighted by atomic mass is 9.89. The average Bonchev–Trinajstić information content (AvgIpc) is 3.10. The van der Waals surface area contributed by atoms with Crippen LogP contribution < -0.4 is 5.73 Å². The summed E-state index contributed by atoms with van der Waals surface area (Å²) in [6.07, 6.45) is 0. The van der Waals surface area contributed by atoms with Crippen molar-refractivity contribution < 1.29 is 19.5 Å². The van der Waals surface area contributed by atoms with Crippen molar-refractivity contribution in [2.75, 3.05) is 0 Å². The van der Waals surface area contributed by atoms with E-state index in [1.165, 1.54) is 21.9 Å². The molecule has 0 aliphatic carbocycles. The van der Waals surface area contributed by atoms with Crippen molar-refractivity contribution in [3.63, 3.8) is 0 Å². The SMILES string of the molecule is CC1(c2ccc(C(=O)O)cc2)C(=O)N(Cc2ccc3ccc(C(=N)N)cc3c2)C(=O)N1Cc1ccccc1. The number of carboxylic acids is 1. The largest absolute Gasteiger partial charge is 0.478 e. The Bertz CT molecular complexity index is 1580. The number of carbonyl (C=O) groups excluding carboxylic acids is 2. The lowest BCUT2D eigenvalue weighted by Crippen LogP contribution is -2.44. The number of nitrogen functional groups attached to an aromatic ring is 1. The highest BCUT2D eigenvalue weighted by Crippen LogP contribution is 2.39. The van der Waals surface area contributed by atoms with E-state index >= 15 is 0 Å². The van der Waals surface area contributed by atoms with E-state index in [9.17, 15) is 19.5 Å². The standard InChI is InChI=1S/C30H26N4O4/c1-30(25-13-11-22(12-14-25)27(35)36)28(37)33(29(38)34(30)18-19-5-3-2-4-6-19)17-20-7-8-21-9-10-23(26(31)32)16-24(21)15-20/h2-16H,17-18H2,1H3,(H3,31,32)(H,35,36). The Morgan fingerprint density at radius 1 is 0.842 bits per heavy atom. The zero-order chi connectivity index (χ0) is 27.0. The summed E-state index contributed by atoms with van der Waals surface area (Å²) >= 11 is 0. The third kappa shape index (κ3) is 4.26. The molecule has 1 aliphatic heterocycles. The van der Waals surface area contributed by atoms with Crippen molar-refractivity contribution in [1.82, 2.24) is 9.80 Å². The maximum atomic E-state index is 14.0. The smallest absolute Gasteiger partial charge is 0.335 e. The summed E-state index contributed by atoms with van der Waals surface area (Å²) in [5.41, 5.74) is 7.16. The minimum Gasteiger partial charge on any atom is -0.478 e. The van der Waals surface area contributed by atoms with Crippen LogP contribution in [0.5, 0.6) is 0 Å². The molecule has 1 saturated heterocycles. The molecule has 4 N–H and O–H groups in total. The molecule has 0 spiro atoms. The number of amidine groups is 1. The van der Waals surface area contributed by atoms with Gasteiger partial charge in [-0.3, -0.25) is 15.1 Å². The number of nitrogens with two attached hydrogens (primary N) is 1. The minimum atomic E-state index is -1.33. The van der Waals surface area contributed by atoms with Gasteiger partial charge in [-0.2, -0.15) is 0 Å². The second kappa shape index (κ2) is 9.48. The van der Waals surface area contributed by atoms with Crippen LogP contribution in [0, 0.1) is 5.41 Å². The number of aromatic carboxylic acids is 1. The van der Waals surface area contributed by atoms with Gasteiger partial charge in [0.25, 0.3) is 5.91 Å². The Morgan fingerprint density at radius 3 is 2.16 bits per heavy atom. The number of amides is 3. The third-order valence-corrected chi connectivity index (χ3v) is 7.10. The molecule has 1 aliphatic rings. The monoisotopic (exact) mass is 506 g/mol. The van der Waals surface area contributed by atoms with Gasteiger partial charge in [-0.05, 0) is 58.7 Å². The normalized spacial score (nSPS) is 17.3. The second-order valence-corrected chi connectivity index (χ2v) is 9.51. The molecule has 0 saturated carbocycles. The highest BCUT2D eigenvalue weighted by Gasteiger charge is 2.55. The fraction of sp³-hybridized carbons (Fsp3) is 0.133. The molecule has 0 bridgehead atoms. The van der Waals surface area contributed by atoms with Crippen LogP contribution in [0.4, 0.5) is 4.79 Å². The first-order valence-corrected chi connectivity index (χ1v) is 12.1. The molecule has 0 radical (unpaired) electrons. The van der Waals surface area contributed by atoms with Gasteiger partial charge < -0.3 is 15.7 Å². The number of carbonyl (C=O) groups is 3. The van der Waals surface area contributed by atoms with Gasteiger partial charge in [0.1, 0.15) is 11.4 Å². The molecule has 1 heterocycles.